The SMILES string of the molecule is Cc1ccc(Cn2c(=O)n(-c3ccccc3F)c(=O)c3sccc32)cc1C. The van der Waals surface area contributed by atoms with Gasteiger partial charge >= 0.3 is 5.69 Å². The number of aryl methyl sites for hydroxylation is 2. The summed E-state index contributed by atoms with van der Waals surface area (Å²) in [7, 11) is 0. The number of hydrogen-bond acceptors (Lipinski definition) is 3. The topological polar surface area (TPSA) is 44.0 Å². The van der Waals surface area contributed by atoms with Gasteiger partial charge in [-0.05, 0) is 54.1 Å². The molecule has 4 rings (SSSR count). The summed E-state index contributed by atoms with van der Waals surface area (Å²) in [5.74, 6) is -0.606. The van der Waals surface area contributed by atoms with E-state index in [0.29, 0.717) is 16.8 Å². The van der Waals surface area contributed by atoms with Crippen LogP contribution >= 0.6 is 11.3 Å². The molecule has 27 heavy (non-hydrogen) atoms. The second-order valence-electron chi connectivity index (χ2n) is 6.51. The summed E-state index contributed by atoms with van der Waals surface area (Å²) < 4.78 is 17.2. The predicted octanol–water partition coefficient (Wildman–Crippen LogP) is 4.02. The third kappa shape index (κ3) is 2.92. The predicted molar refractivity (Wildman–Crippen MR) is 107 cm³/mol. The summed E-state index contributed by atoms with van der Waals surface area (Å²) in [5, 5.41) is 1.77. The first-order valence-corrected chi connectivity index (χ1v) is 9.39. The number of hydrogen-bond donors (Lipinski definition) is 0. The molecule has 0 N–H and O–H groups in total. The van der Waals surface area contributed by atoms with Gasteiger partial charge in [-0.25, -0.2) is 13.8 Å². The van der Waals surface area contributed by atoms with Crippen LogP contribution in [0.1, 0.15) is 16.7 Å². The molecule has 0 unspecified atom stereocenters. The van der Waals surface area contributed by atoms with Crippen molar-refractivity contribution in [2.45, 2.75) is 20.4 Å². The van der Waals surface area contributed by atoms with Crippen molar-refractivity contribution in [3.63, 3.8) is 0 Å². The molecule has 2 aromatic heterocycles. The molecule has 0 aliphatic carbocycles. The zero-order valence-corrected chi connectivity index (χ0v) is 15.7. The number of para-hydroxylation sites is 1. The van der Waals surface area contributed by atoms with Crippen LogP contribution in [0.25, 0.3) is 15.9 Å². The zero-order valence-electron chi connectivity index (χ0n) is 14.9. The lowest BCUT2D eigenvalue weighted by molar-refractivity contribution is 0.606. The van der Waals surface area contributed by atoms with Crippen LogP contribution in [0.3, 0.4) is 0 Å². The van der Waals surface area contributed by atoms with Crippen LogP contribution in [0.2, 0.25) is 0 Å². The molecular weight excluding hydrogens is 363 g/mol. The number of aromatic nitrogens is 2. The average molecular weight is 380 g/mol. The zero-order chi connectivity index (χ0) is 19.1. The molecule has 0 aliphatic rings. The summed E-state index contributed by atoms with van der Waals surface area (Å²) >= 11 is 1.25. The minimum absolute atomic E-state index is 0.0309. The van der Waals surface area contributed by atoms with Crippen LogP contribution in [0, 0.1) is 19.7 Å². The molecule has 0 saturated heterocycles. The van der Waals surface area contributed by atoms with Crippen molar-refractivity contribution >= 4 is 21.6 Å². The first kappa shape index (κ1) is 17.4. The number of nitrogens with zero attached hydrogens (tertiary/aromatic N) is 2. The van der Waals surface area contributed by atoms with Crippen molar-refractivity contribution in [1.29, 1.82) is 0 Å². The Morgan fingerprint density at radius 3 is 2.52 bits per heavy atom. The van der Waals surface area contributed by atoms with E-state index >= 15 is 0 Å². The van der Waals surface area contributed by atoms with Crippen molar-refractivity contribution < 1.29 is 4.39 Å². The van der Waals surface area contributed by atoms with Gasteiger partial charge in [0.1, 0.15) is 10.5 Å². The van der Waals surface area contributed by atoms with Crippen LogP contribution in [0.4, 0.5) is 4.39 Å². The number of thiophene rings is 1. The third-order valence-corrected chi connectivity index (χ3v) is 5.65. The van der Waals surface area contributed by atoms with E-state index in [2.05, 4.69) is 0 Å². The van der Waals surface area contributed by atoms with Crippen molar-refractivity contribution in [2.75, 3.05) is 0 Å². The van der Waals surface area contributed by atoms with Gasteiger partial charge in [0.15, 0.2) is 0 Å². The molecule has 0 aliphatic heterocycles. The fourth-order valence-corrected chi connectivity index (χ4v) is 3.99. The molecule has 0 bridgehead atoms. The Morgan fingerprint density at radius 2 is 1.78 bits per heavy atom. The van der Waals surface area contributed by atoms with E-state index in [4.69, 9.17) is 0 Å². The largest absolute Gasteiger partial charge is 0.336 e. The fraction of sp³-hybridized carbons (Fsp3) is 0.143. The van der Waals surface area contributed by atoms with Crippen LogP contribution < -0.4 is 11.2 Å². The van der Waals surface area contributed by atoms with Gasteiger partial charge in [0.25, 0.3) is 5.56 Å². The minimum Gasteiger partial charge on any atom is -0.288 e. The van der Waals surface area contributed by atoms with Gasteiger partial charge in [-0.2, -0.15) is 0 Å². The lowest BCUT2D eigenvalue weighted by Gasteiger charge is -2.13. The Morgan fingerprint density at radius 1 is 1.00 bits per heavy atom. The molecule has 0 atom stereocenters. The van der Waals surface area contributed by atoms with Gasteiger partial charge in [-0.1, -0.05) is 30.3 Å². The molecular formula is C21H17FN2O2S. The van der Waals surface area contributed by atoms with E-state index in [-0.39, 0.29) is 5.69 Å². The first-order valence-electron chi connectivity index (χ1n) is 8.51. The smallest absolute Gasteiger partial charge is 0.288 e. The molecule has 4 nitrogen and oxygen atoms in total. The molecule has 0 radical (unpaired) electrons. The highest BCUT2D eigenvalue weighted by atomic mass is 32.1. The van der Waals surface area contributed by atoms with E-state index in [1.165, 1.54) is 39.7 Å². The normalized spacial score (nSPS) is 11.2. The molecule has 4 aromatic rings. The van der Waals surface area contributed by atoms with Gasteiger partial charge in [-0.3, -0.25) is 9.36 Å². The number of rotatable bonds is 3. The van der Waals surface area contributed by atoms with Crippen LogP contribution in [-0.4, -0.2) is 9.13 Å². The summed E-state index contributed by atoms with van der Waals surface area (Å²) in [5.41, 5.74) is 2.75. The highest BCUT2D eigenvalue weighted by Gasteiger charge is 2.17. The van der Waals surface area contributed by atoms with Crippen molar-refractivity contribution in [3.05, 3.63) is 97.3 Å². The summed E-state index contributed by atoms with van der Waals surface area (Å²) in [6.07, 6.45) is 0. The van der Waals surface area contributed by atoms with E-state index in [9.17, 15) is 14.0 Å². The van der Waals surface area contributed by atoms with Gasteiger partial charge < -0.3 is 0 Å². The summed E-state index contributed by atoms with van der Waals surface area (Å²) in [4.78, 5) is 26.0. The first-order chi connectivity index (χ1) is 13.0. The summed E-state index contributed by atoms with van der Waals surface area (Å²) in [6, 6.07) is 13.6. The van der Waals surface area contributed by atoms with E-state index in [1.807, 2.05) is 32.0 Å². The Hall–Kier alpha value is -2.99. The molecule has 0 amide bonds. The van der Waals surface area contributed by atoms with E-state index in [1.54, 1.807) is 17.5 Å². The fourth-order valence-electron chi connectivity index (χ4n) is 3.17. The Labute approximate surface area is 158 Å². The van der Waals surface area contributed by atoms with Crippen LogP contribution in [0.15, 0.2) is 63.5 Å². The van der Waals surface area contributed by atoms with Crippen LogP contribution in [0.5, 0.6) is 0 Å². The maximum atomic E-state index is 14.3. The monoisotopic (exact) mass is 380 g/mol. The van der Waals surface area contributed by atoms with E-state index < -0.39 is 17.1 Å². The van der Waals surface area contributed by atoms with Gasteiger partial charge in [0, 0.05) is 0 Å². The second-order valence-corrected chi connectivity index (χ2v) is 7.43. The van der Waals surface area contributed by atoms with Crippen molar-refractivity contribution in [1.82, 2.24) is 9.13 Å². The summed E-state index contributed by atoms with van der Waals surface area (Å²) in [6.45, 7) is 4.35. The Balaban J connectivity index is 1.99. The number of fused-ring (bicyclic) bond motifs is 1. The average Bonchev–Trinajstić information content (AvgIpc) is 3.13. The standard InChI is InChI=1S/C21H17FN2O2S/c1-13-7-8-15(11-14(13)2)12-23-18-9-10-27-19(18)20(25)24(21(23)26)17-6-4-3-5-16(17)22/h3-11H,12H2,1-2H3. The lowest BCUT2D eigenvalue weighted by atomic mass is 10.1. The van der Waals surface area contributed by atoms with Crippen LogP contribution in [-0.2, 0) is 6.54 Å². The highest BCUT2D eigenvalue weighted by Crippen LogP contribution is 2.19. The molecule has 2 aromatic carbocycles. The van der Waals surface area contributed by atoms with Crippen molar-refractivity contribution in [2.24, 2.45) is 0 Å². The minimum atomic E-state index is -0.606. The Bertz CT molecular complexity index is 1280. The quantitative estimate of drug-likeness (QED) is 0.539. The highest BCUT2D eigenvalue weighted by molar-refractivity contribution is 7.17. The van der Waals surface area contributed by atoms with Gasteiger partial charge in [-0.15, -0.1) is 11.3 Å². The molecule has 136 valence electrons. The maximum absolute atomic E-state index is 14.3. The molecule has 0 fully saturated rings. The van der Waals surface area contributed by atoms with E-state index in [0.717, 1.165) is 15.7 Å². The molecule has 6 heteroatoms. The third-order valence-electron chi connectivity index (χ3n) is 4.76. The number of benzene rings is 2. The van der Waals surface area contributed by atoms with Gasteiger partial charge in [0.05, 0.1) is 17.7 Å². The lowest BCUT2D eigenvalue weighted by Crippen LogP contribution is -2.39. The Kier molecular flexibility index (Phi) is 4.28. The molecule has 0 spiro atoms. The van der Waals surface area contributed by atoms with Gasteiger partial charge in [0.2, 0.25) is 0 Å². The van der Waals surface area contributed by atoms with Crippen molar-refractivity contribution in [3.8, 4) is 5.69 Å². The maximum Gasteiger partial charge on any atom is 0.336 e. The number of halogens is 1. The second kappa shape index (κ2) is 6.63. The molecule has 0 saturated carbocycles. The molecule has 2 heterocycles.